The van der Waals surface area contributed by atoms with Crippen LogP contribution in [0.3, 0.4) is 0 Å². The van der Waals surface area contributed by atoms with Crippen molar-refractivity contribution in [2.75, 3.05) is 10.6 Å². The molecule has 0 aromatic heterocycles. The number of halogens is 2. The van der Waals surface area contributed by atoms with Crippen LogP contribution in [-0.2, 0) is 0 Å². The van der Waals surface area contributed by atoms with Crippen molar-refractivity contribution in [2.24, 2.45) is 5.73 Å². The maximum atomic E-state index is 13.1. The van der Waals surface area contributed by atoms with E-state index in [0.717, 1.165) is 15.7 Å². The number of amides is 2. The minimum atomic E-state index is -0.598. The smallest absolute Gasteiger partial charge is 0.316 e. The van der Waals surface area contributed by atoms with Crippen molar-refractivity contribution in [3.8, 4) is 0 Å². The summed E-state index contributed by atoms with van der Waals surface area (Å²) in [4.78, 5) is 10.7. The summed E-state index contributed by atoms with van der Waals surface area (Å²) in [5.41, 5.74) is 7.51. The summed E-state index contributed by atoms with van der Waals surface area (Å²) in [5, 5.41) is 5.80. The van der Waals surface area contributed by atoms with E-state index in [0.29, 0.717) is 5.69 Å². The number of primary amides is 1. The summed E-state index contributed by atoms with van der Waals surface area (Å²) in [7, 11) is 0. The van der Waals surface area contributed by atoms with Crippen LogP contribution in [0.15, 0.2) is 46.9 Å². The number of nitrogens with one attached hydrogen (secondary N) is 2. The lowest BCUT2D eigenvalue weighted by Gasteiger charge is -2.17. The molecule has 0 fully saturated rings. The van der Waals surface area contributed by atoms with Crippen LogP contribution in [0.2, 0.25) is 0 Å². The first-order valence-corrected chi connectivity index (χ1v) is 7.13. The van der Waals surface area contributed by atoms with Gasteiger partial charge in [-0.15, -0.1) is 0 Å². The van der Waals surface area contributed by atoms with Crippen molar-refractivity contribution in [1.29, 1.82) is 0 Å². The molecule has 1 atom stereocenters. The number of carbonyl (C=O) groups excluding carboxylic acids is 1. The highest BCUT2D eigenvalue weighted by Gasteiger charge is 2.10. The highest BCUT2D eigenvalue weighted by atomic mass is 79.9. The van der Waals surface area contributed by atoms with Crippen molar-refractivity contribution in [3.05, 3.63) is 58.3 Å². The molecule has 0 bridgehead atoms. The van der Waals surface area contributed by atoms with Crippen LogP contribution in [0, 0.1) is 5.82 Å². The molecule has 2 amide bonds. The first kappa shape index (κ1) is 15.3. The van der Waals surface area contributed by atoms with Crippen molar-refractivity contribution < 1.29 is 9.18 Å². The normalized spacial score (nSPS) is 11.8. The van der Waals surface area contributed by atoms with E-state index in [2.05, 4.69) is 26.6 Å². The number of anilines is 2. The Morgan fingerprint density at radius 3 is 2.38 bits per heavy atom. The standard InChI is InChI=1S/C15H15BrFN3O/c1-9(13-7-2-10(17)8-14(13)16)19-11-3-5-12(6-4-11)20-15(18)21/h2-9,19H,1H3,(H3,18,20,21). The molecule has 21 heavy (non-hydrogen) atoms. The van der Waals surface area contributed by atoms with Gasteiger partial charge in [0, 0.05) is 21.9 Å². The molecule has 0 heterocycles. The fourth-order valence-electron chi connectivity index (χ4n) is 1.97. The molecule has 0 saturated heterocycles. The van der Waals surface area contributed by atoms with Crippen molar-refractivity contribution in [1.82, 2.24) is 0 Å². The second kappa shape index (κ2) is 6.58. The number of benzene rings is 2. The molecule has 2 aromatic carbocycles. The minimum Gasteiger partial charge on any atom is -0.378 e. The number of carbonyl (C=O) groups is 1. The molecule has 0 saturated carbocycles. The fourth-order valence-corrected chi connectivity index (χ4v) is 2.67. The van der Waals surface area contributed by atoms with Crippen LogP contribution in [0.5, 0.6) is 0 Å². The van der Waals surface area contributed by atoms with Crippen LogP contribution >= 0.6 is 15.9 Å². The Morgan fingerprint density at radius 1 is 1.19 bits per heavy atom. The number of rotatable bonds is 4. The number of hydrogen-bond acceptors (Lipinski definition) is 2. The van der Waals surface area contributed by atoms with Gasteiger partial charge in [-0.05, 0) is 48.9 Å². The lowest BCUT2D eigenvalue weighted by atomic mass is 10.1. The molecular formula is C15H15BrFN3O. The number of nitrogens with two attached hydrogens (primary N) is 1. The topological polar surface area (TPSA) is 67.2 Å². The summed E-state index contributed by atoms with van der Waals surface area (Å²) in [6.45, 7) is 1.98. The molecule has 4 nitrogen and oxygen atoms in total. The second-order valence-electron chi connectivity index (χ2n) is 4.60. The van der Waals surface area contributed by atoms with Crippen LogP contribution in [0.1, 0.15) is 18.5 Å². The Morgan fingerprint density at radius 2 is 1.81 bits per heavy atom. The van der Waals surface area contributed by atoms with Gasteiger partial charge in [0.2, 0.25) is 0 Å². The van der Waals surface area contributed by atoms with E-state index in [4.69, 9.17) is 5.73 Å². The van der Waals surface area contributed by atoms with E-state index in [1.54, 1.807) is 18.2 Å². The minimum absolute atomic E-state index is 0.00470. The Bertz CT molecular complexity index is 646. The predicted octanol–water partition coefficient (Wildman–Crippen LogP) is 4.25. The van der Waals surface area contributed by atoms with Crippen LogP contribution in [0.25, 0.3) is 0 Å². The van der Waals surface area contributed by atoms with Crippen molar-refractivity contribution >= 4 is 33.3 Å². The molecule has 1 unspecified atom stereocenters. The molecule has 110 valence electrons. The zero-order valence-corrected chi connectivity index (χ0v) is 12.9. The monoisotopic (exact) mass is 351 g/mol. The Labute approximate surface area is 130 Å². The summed E-state index contributed by atoms with van der Waals surface area (Å²) in [6.07, 6.45) is 0. The average molecular weight is 352 g/mol. The summed E-state index contributed by atoms with van der Waals surface area (Å²) >= 11 is 3.36. The second-order valence-corrected chi connectivity index (χ2v) is 5.45. The number of urea groups is 1. The molecule has 2 aromatic rings. The largest absolute Gasteiger partial charge is 0.378 e. The van der Waals surface area contributed by atoms with E-state index in [1.165, 1.54) is 12.1 Å². The summed E-state index contributed by atoms with van der Waals surface area (Å²) in [6, 6.07) is 11.2. The maximum absolute atomic E-state index is 13.1. The third-order valence-corrected chi connectivity index (χ3v) is 3.65. The van der Waals surface area contributed by atoms with Gasteiger partial charge >= 0.3 is 6.03 Å². The summed E-state index contributed by atoms with van der Waals surface area (Å²) in [5.74, 6) is -0.278. The average Bonchev–Trinajstić information content (AvgIpc) is 2.40. The molecule has 0 aliphatic carbocycles. The first-order valence-electron chi connectivity index (χ1n) is 6.33. The van der Waals surface area contributed by atoms with E-state index in [9.17, 15) is 9.18 Å². The van der Waals surface area contributed by atoms with Gasteiger partial charge in [-0.2, -0.15) is 0 Å². The Hall–Kier alpha value is -2.08. The first-order chi connectivity index (χ1) is 9.95. The van der Waals surface area contributed by atoms with Gasteiger partial charge in [-0.25, -0.2) is 9.18 Å². The zero-order chi connectivity index (χ0) is 15.4. The van der Waals surface area contributed by atoms with E-state index >= 15 is 0 Å². The fraction of sp³-hybridized carbons (Fsp3) is 0.133. The molecule has 4 N–H and O–H groups in total. The lowest BCUT2D eigenvalue weighted by molar-refractivity contribution is 0.259. The van der Waals surface area contributed by atoms with Crippen LogP contribution in [0.4, 0.5) is 20.6 Å². The Kier molecular flexibility index (Phi) is 4.80. The quantitative estimate of drug-likeness (QED) is 0.770. The molecule has 0 spiro atoms. The van der Waals surface area contributed by atoms with Gasteiger partial charge < -0.3 is 16.4 Å². The third-order valence-electron chi connectivity index (χ3n) is 2.96. The molecule has 6 heteroatoms. The Balaban J connectivity index is 2.08. The van der Waals surface area contributed by atoms with Gasteiger partial charge in [0.15, 0.2) is 0 Å². The molecule has 0 aliphatic heterocycles. The van der Waals surface area contributed by atoms with E-state index < -0.39 is 6.03 Å². The third kappa shape index (κ3) is 4.19. The summed E-state index contributed by atoms with van der Waals surface area (Å²) < 4.78 is 13.8. The van der Waals surface area contributed by atoms with Gasteiger partial charge in [0.25, 0.3) is 0 Å². The van der Waals surface area contributed by atoms with Gasteiger partial charge in [-0.1, -0.05) is 22.0 Å². The number of hydrogen-bond donors (Lipinski definition) is 3. The predicted molar refractivity (Wildman–Crippen MR) is 85.8 cm³/mol. The molecular weight excluding hydrogens is 337 g/mol. The van der Waals surface area contributed by atoms with E-state index in [-0.39, 0.29) is 11.9 Å². The highest BCUT2D eigenvalue weighted by molar-refractivity contribution is 9.10. The SMILES string of the molecule is CC(Nc1ccc(NC(N)=O)cc1)c1ccc(F)cc1Br. The van der Waals surface area contributed by atoms with Gasteiger partial charge in [-0.3, -0.25) is 0 Å². The molecule has 0 aliphatic rings. The van der Waals surface area contributed by atoms with Crippen LogP contribution in [-0.4, -0.2) is 6.03 Å². The lowest BCUT2D eigenvalue weighted by Crippen LogP contribution is -2.19. The maximum Gasteiger partial charge on any atom is 0.316 e. The van der Waals surface area contributed by atoms with E-state index in [1.807, 2.05) is 19.1 Å². The van der Waals surface area contributed by atoms with Gasteiger partial charge in [0.05, 0.1) is 0 Å². The van der Waals surface area contributed by atoms with Crippen LogP contribution < -0.4 is 16.4 Å². The molecule has 2 rings (SSSR count). The van der Waals surface area contributed by atoms with Gasteiger partial charge in [0.1, 0.15) is 5.82 Å². The van der Waals surface area contributed by atoms with Crippen molar-refractivity contribution in [3.63, 3.8) is 0 Å². The highest BCUT2D eigenvalue weighted by Crippen LogP contribution is 2.27. The molecule has 0 radical (unpaired) electrons. The van der Waals surface area contributed by atoms with Crippen molar-refractivity contribution in [2.45, 2.75) is 13.0 Å². The zero-order valence-electron chi connectivity index (χ0n) is 11.4.